The van der Waals surface area contributed by atoms with E-state index in [4.69, 9.17) is 4.74 Å². The Balaban J connectivity index is 2.11. The summed E-state index contributed by atoms with van der Waals surface area (Å²) in [7, 11) is 4.00. The molecule has 0 aliphatic carbocycles. The van der Waals surface area contributed by atoms with Crippen molar-refractivity contribution in [2.45, 2.75) is 19.9 Å². The van der Waals surface area contributed by atoms with Gasteiger partial charge in [0.25, 0.3) is 0 Å². The number of carbonyl (C=O) groups is 1. The molecule has 2 aromatic rings. The average molecular weight is 356 g/mol. The number of ether oxygens (including phenoxy) is 1. The number of benzene rings is 1. The summed E-state index contributed by atoms with van der Waals surface area (Å²) in [6.45, 7) is 6.00. The van der Waals surface area contributed by atoms with Crippen LogP contribution in [-0.4, -0.2) is 54.6 Å². The van der Waals surface area contributed by atoms with Crippen molar-refractivity contribution in [2.24, 2.45) is 0 Å². The van der Waals surface area contributed by atoms with Gasteiger partial charge in [0.2, 0.25) is 0 Å². The number of urea groups is 1. The molecule has 0 unspecified atom stereocenters. The molecule has 0 aliphatic rings. The predicted octanol–water partition coefficient (Wildman–Crippen LogP) is 3.64. The van der Waals surface area contributed by atoms with E-state index in [-0.39, 0.29) is 12.1 Å². The monoisotopic (exact) mass is 356 g/mol. The number of aromatic nitrogens is 1. The first-order valence-corrected chi connectivity index (χ1v) is 8.86. The Bertz CT molecular complexity index is 674. The maximum absolute atomic E-state index is 12.9. The van der Waals surface area contributed by atoms with Crippen LogP contribution < -0.4 is 10.1 Å². The van der Waals surface area contributed by atoms with E-state index in [1.807, 2.05) is 69.2 Å². The largest absolute Gasteiger partial charge is 0.494 e. The first-order chi connectivity index (χ1) is 12.5. The van der Waals surface area contributed by atoms with Crippen LogP contribution >= 0.6 is 0 Å². The lowest BCUT2D eigenvalue weighted by Gasteiger charge is -2.30. The predicted molar refractivity (Wildman–Crippen MR) is 105 cm³/mol. The lowest BCUT2D eigenvalue weighted by atomic mass is 10.1. The van der Waals surface area contributed by atoms with Crippen molar-refractivity contribution in [3.63, 3.8) is 0 Å². The molecular formula is C20H28N4O2. The van der Waals surface area contributed by atoms with Gasteiger partial charge in [-0.05, 0) is 69.9 Å². The van der Waals surface area contributed by atoms with Gasteiger partial charge in [-0.1, -0.05) is 0 Å². The number of pyridine rings is 1. The number of nitrogens with one attached hydrogen (secondary N) is 1. The van der Waals surface area contributed by atoms with Crippen LogP contribution in [-0.2, 0) is 0 Å². The highest BCUT2D eigenvalue weighted by molar-refractivity contribution is 5.89. The van der Waals surface area contributed by atoms with Crippen LogP contribution in [0.1, 0.15) is 25.5 Å². The molecule has 0 radical (unpaired) electrons. The molecule has 1 heterocycles. The van der Waals surface area contributed by atoms with E-state index in [1.165, 1.54) is 0 Å². The number of carbonyl (C=O) groups excluding carboxylic acids is 1. The highest BCUT2D eigenvalue weighted by Crippen LogP contribution is 2.21. The number of nitrogens with zero attached hydrogens (tertiary/aromatic N) is 3. The van der Waals surface area contributed by atoms with E-state index >= 15 is 0 Å². The third-order valence-electron chi connectivity index (χ3n) is 4.12. The lowest BCUT2D eigenvalue weighted by Crippen LogP contribution is -2.41. The maximum atomic E-state index is 12.9. The third kappa shape index (κ3) is 5.74. The van der Waals surface area contributed by atoms with Gasteiger partial charge < -0.3 is 19.9 Å². The standard InChI is InChI=1S/C20H28N4O2/c1-5-26-19-8-6-18(7-9-19)22-20(25)24(15-14-23(3)4)16(2)17-10-12-21-13-11-17/h6-13,16H,5,14-15H2,1-4H3,(H,22,25)/t16-/m0/s1. The van der Waals surface area contributed by atoms with Crippen LogP contribution in [0.4, 0.5) is 10.5 Å². The fraction of sp³-hybridized carbons (Fsp3) is 0.400. The first kappa shape index (κ1) is 19.7. The first-order valence-electron chi connectivity index (χ1n) is 8.86. The van der Waals surface area contributed by atoms with Gasteiger partial charge in [-0.25, -0.2) is 4.79 Å². The zero-order valence-corrected chi connectivity index (χ0v) is 16.0. The van der Waals surface area contributed by atoms with Gasteiger partial charge in [0.1, 0.15) is 5.75 Å². The van der Waals surface area contributed by atoms with Crippen LogP contribution in [0, 0.1) is 0 Å². The van der Waals surface area contributed by atoms with Crippen LogP contribution in [0.2, 0.25) is 0 Å². The summed E-state index contributed by atoms with van der Waals surface area (Å²) in [6.07, 6.45) is 3.50. The Morgan fingerprint density at radius 1 is 1.12 bits per heavy atom. The van der Waals surface area contributed by atoms with Gasteiger partial charge in [-0.15, -0.1) is 0 Å². The van der Waals surface area contributed by atoms with Crippen molar-refractivity contribution in [3.8, 4) is 5.75 Å². The SMILES string of the molecule is CCOc1ccc(NC(=O)N(CCN(C)C)[C@@H](C)c2ccncc2)cc1. The van der Waals surface area contributed by atoms with E-state index < -0.39 is 0 Å². The normalized spacial score (nSPS) is 11.9. The minimum absolute atomic E-state index is 0.0550. The van der Waals surface area contributed by atoms with Crippen molar-refractivity contribution >= 4 is 11.7 Å². The number of hydrogen-bond acceptors (Lipinski definition) is 4. The number of anilines is 1. The topological polar surface area (TPSA) is 57.7 Å². The van der Waals surface area contributed by atoms with Crippen LogP contribution in [0.5, 0.6) is 5.75 Å². The Morgan fingerprint density at radius 3 is 2.35 bits per heavy atom. The van der Waals surface area contributed by atoms with Gasteiger partial charge in [0.15, 0.2) is 0 Å². The molecule has 6 nitrogen and oxygen atoms in total. The zero-order valence-electron chi connectivity index (χ0n) is 16.0. The molecule has 0 bridgehead atoms. The Kier molecular flexibility index (Phi) is 7.41. The average Bonchev–Trinajstić information content (AvgIpc) is 2.64. The summed E-state index contributed by atoms with van der Waals surface area (Å²) in [5, 5.41) is 2.98. The molecule has 26 heavy (non-hydrogen) atoms. The fourth-order valence-electron chi connectivity index (χ4n) is 2.60. The zero-order chi connectivity index (χ0) is 18.9. The minimum Gasteiger partial charge on any atom is -0.494 e. The van der Waals surface area contributed by atoms with Crippen LogP contribution in [0.25, 0.3) is 0 Å². The highest BCUT2D eigenvalue weighted by Gasteiger charge is 2.21. The molecule has 0 aliphatic heterocycles. The molecule has 0 fully saturated rings. The van der Waals surface area contributed by atoms with Crippen molar-refractivity contribution in [1.29, 1.82) is 0 Å². The molecule has 2 amide bonds. The van der Waals surface area contributed by atoms with Gasteiger partial charge in [-0.2, -0.15) is 0 Å². The summed E-state index contributed by atoms with van der Waals surface area (Å²) in [6, 6.07) is 11.1. The summed E-state index contributed by atoms with van der Waals surface area (Å²) >= 11 is 0. The van der Waals surface area contributed by atoms with Crippen molar-refractivity contribution in [1.82, 2.24) is 14.8 Å². The van der Waals surface area contributed by atoms with Gasteiger partial charge >= 0.3 is 6.03 Å². The molecule has 0 saturated carbocycles. The molecule has 140 valence electrons. The Hall–Kier alpha value is -2.60. The van der Waals surface area contributed by atoms with Gasteiger partial charge in [-0.3, -0.25) is 4.98 Å². The maximum Gasteiger partial charge on any atom is 0.322 e. The summed E-state index contributed by atoms with van der Waals surface area (Å²) in [5.74, 6) is 0.792. The molecular weight excluding hydrogens is 328 g/mol. The lowest BCUT2D eigenvalue weighted by molar-refractivity contribution is 0.185. The minimum atomic E-state index is -0.125. The van der Waals surface area contributed by atoms with E-state index in [9.17, 15) is 4.79 Å². The van der Waals surface area contributed by atoms with Crippen molar-refractivity contribution < 1.29 is 9.53 Å². The summed E-state index contributed by atoms with van der Waals surface area (Å²) in [5.41, 5.74) is 1.80. The molecule has 6 heteroatoms. The van der Waals surface area contributed by atoms with E-state index in [0.29, 0.717) is 13.2 Å². The molecule has 2 rings (SSSR count). The van der Waals surface area contributed by atoms with E-state index in [1.54, 1.807) is 12.4 Å². The quantitative estimate of drug-likeness (QED) is 0.785. The van der Waals surface area contributed by atoms with Crippen LogP contribution in [0.15, 0.2) is 48.8 Å². The second-order valence-electron chi connectivity index (χ2n) is 6.34. The Morgan fingerprint density at radius 2 is 1.77 bits per heavy atom. The van der Waals surface area contributed by atoms with Gasteiger partial charge in [0, 0.05) is 31.2 Å². The fourth-order valence-corrected chi connectivity index (χ4v) is 2.60. The smallest absolute Gasteiger partial charge is 0.322 e. The highest BCUT2D eigenvalue weighted by atomic mass is 16.5. The molecule has 1 atom stereocenters. The van der Waals surface area contributed by atoms with E-state index in [0.717, 1.165) is 23.5 Å². The van der Waals surface area contributed by atoms with Crippen molar-refractivity contribution in [2.75, 3.05) is 39.1 Å². The van der Waals surface area contributed by atoms with Gasteiger partial charge in [0.05, 0.1) is 12.6 Å². The molecule has 1 aromatic carbocycles. The number of rotatable bonds is 8. The van der Waals surface area contributed by atoms with Crippen LogP contribution in [0.3, 0.4) is 0 Å². The molecule has 1 N–H and O–H groups in total. The van der Waals surface area contributed by atoms with Crippen molar-refractivity contribution in [3.05, 3.63) is 54.4 Å². The molecule has 0 saturated heterocycles. The number of amides is 2. The van der Waals surface area contributed by atoms with E-state index in [2.05, 4.69) is 15.2 Å². The second-order valence-corrected chi connectivity index (χ2v) is 6.34. The summed E-state index contributed by atoms with van der Waals surface area (Å²) in [4.78, 5) is 20.9. The third-order valence-corrected chi connectivity index (χ3v) is 4.12. The molecule has 1 aromatic heterocycles. The summed E-state index contributed by atoms with van der Waals surface area (Å²) < 4.78 is 5.44. The number of hydrogen-bond donors (Lipinski definition) is 1. The number of likely N-dealkylation sites (N-methyl/N-ethyl adjacent to an activating group) is 1. The Labute approximate surface area is 155 Å². The molecule has 0 spiro atoms. The second kappa shape index (κ2) is 9.77.